The first kappa shape index (κ1) is 11.5. The molecule has 5 heteroatoms. The molecule has 0 aromatic heterocycles. The van der Waals surface area contributed by atoms with Gasteiger partial charge in [0.2, 0.25) is 0 Å². The number of rotatable bonds is 2. The van der Waals surface area contributed by atoms with Crippen molar-refractivity contribution in [3.05, 3.63) is 33.1 Å². The van der Waals surface area contributed by atoms with Crippen molar-refractivity contribution < 1.29 is 9.50 Å². The summed E-state index contributed by atoms with van der Waals surface area (Å²) in [5.74, 6) is -0.501. The van der Waals surface area contributed by atoms with Crippen LogP contribution in [0.2, 0.25) is 0 Å². The molecule has 0 fully saturated rings. The molecule has 1 aromatic carbocycles. The van der Waals surface area contributed by atoms with Crippen molar-refractivity contribution in [1.82, 2.24) is 0 Å². The second-order valence-electron chi connectivity index (χ2n) is 2.45. The maximum atomic E-state index is 13.1. The fourth-order valence-electron chi connectivity index (χ4n) is 0.877. The van der Waals surface area contributed by atoms with Gasteiger partial charge in [-0.05, 0) is 40.8 Å². The third-order valence-electron chi connectivity index (χ3n) is 1.52. The molecule has 0 bridgehead atoms. The zero-order chi connectivity index (χ0) is 10.0. The van der Waals surface area contributed by atoms with E-state index in [2.05, 4.69) is 0 Å². The van der Waals surface area contributed by atoms with Crippen LogP contribution in [-0.4, -0.2) is 9.94 Å². The summed E-state index contributed by atoms with van der Waals surface area (Å²) in [5, 5.41) is 9.40. The minimum Gasteiger partial charge on any atom is -0.385 e. The Balaban J connectivity index is 3.05. The number of alkyl halides is 2. The first-order chi connectivity index (χ1) is 6.02. The van der Waals surface area contributed by atoms with Gasteiger partial charge in [0, 0.05) is 9.13 Å². The van der Waals surface area contributed by atoms with E-state index >= 15 is 0 Å². The van der Waals surface area contributed by atoms with Gasteiger partial charge in [0.25, 0.3) is 0 Å². The van der Waals surface area contributed by atoms with Crippen LogP contribution in [0.25, 0.3) is 0 Å². The number of hydrogen-bond donors (Lipinski definition) is 1. The minimum absolute atomic E-state index is 0.127. The van der Waals surface area contributed by atoms with Crippen LogP contribution in [0, 0.1) is 9.39 Å². The highest BCUT2D eigenvalue weighted by molar-refractivity contribution is 14.1. The second-order valence-corrected chi connectivity index (χ2v) is 4.85. The van der Waals surface area contributed by atoms with E-state index in [0.717, 1.165) is 3.57 Å². The highest BCUT2D eigenvalue weighted by Gasteiger charge is 2.19. The molecule has 0 radical (unpaired) electrons. The Labute approximate surface area is 99.0 Å². The van der Waals surface area contributed by atoms with Crippen LogP contribution in [0.15, 0.2) is 18.2 Å². The molecule has 0 saturated carbocycles. The summed E-state index contributed by atoms with van der Waals surface area (Å²) < 4.78 is 13.9. The Morgan fingerprint density at radius 1 is 1.38 bits per heavy atom. The molecule has 72 valence electrons. The Bertz CT molecular complexity index is 306. The van der Waals surface area contributed by atoms with Gasteiger partial charge in [-0.2, -0.15) is 0 Å². The summed E-state index contributed by atoms with van der Waals surface area (Å²) in [6, 6.07) is 4.39. The molecule has 0 aliphatic rings. The summed E-state index contributed by atoms with van der Waals surface area (Å²) in [6.07, 6.45) is -1.18. The Kier molecular flexibility index (Phi) is 4.22. The number of benzene rings is 1. The largest absolute Gasteiger partial charge is 0.385 e. The van der Waals surface area contributed by atoms with E-state index in [1.165, 1.54) is 12.1 Å². The Morgan fingerprint density at radius 3 is 2.54 bits per heavy atom. The smallest absolute Gasteiger partial charge is 0.137 e. The van der Waals surface area contributed by atoms with Gasteiger partial charge in [-0.15, -0.1) is 23.2 Å². The van der Waals surface area contributed by atoms with Crippen molar-refractivity contribution >= 4 is 45.8 Å². The molecule has 0 aliphatic carbocycles. The summed E-state index contributed by atoms with van der Waals surface area (Å²) in [4.78, 5) is -1.02. The van der Waals surface area contributed by atoms with Gasteiger partial charge in [0.05, 0.1) is 0 Å². The number of aliphatic hydroxyl groups is 1. The summed E-state index contributed by atoms with van der Waals surface area (Å²) in [5.41, 5.74) is 0.127. The van der Waals surface area contributed by atoms with Gasteiger partial charge < -0.3 is 5.11 Å². The molecule has 0 spiro atoms. The molecule has 13 heavy (non-hydrogen) atoms. The zero-order valence-corrected chi connectivity index (χ0v) is 10.0. The van der Waals surface area contributed by atoms with Gasteiger partial charge in [-0.25, -0.2) is 4.39 Å². The lowest BCUT2D eigenvalue weighted by Gasteiger charge is -2.12. The molecule has 0 heterocycles. The maximum absolute atomic E-state index is 13.1. The zero-order valence-electron chi connectivity index (χ0n) is 6.35. The molecule has 1 aromatic rings. The minimum atomic E-state index is -1.18. The summed E-state index contributed by atoms with van der Waals surface area (Å²) >= 11 is 12.9. The third-order valence-corrected chi connectivity index (χ3v) is 2.66. The van der Waals surface area contributed by atoms with Crippen molar-refractivity contribution in [2.24, 2.45) is 0 Å². The van der Waals surface area contributed by atoms with Crippen molar-refractivity contribution in [1.29, 1.82) is 0 Å². The van der Waals surface area contributed by atoms with E-state index in [0.29, 0.717) is 0 Å². The summed E-state index contributed by atoms with van der Waals surface area (Å²) in [7, 11) is 0. The molecule has 1 atom stereocenters. The molecule has 0 saturated heterocycles. The van der Waals surface area contributed by atoms with E-state index in [-0.39, 0.29) is 5.56 Å². The molecule has 0 aliphatic heterocycles. The summed E-state index contributed by atoms with van der Waals surface area (Å²) in [6.45, 7) is 0. The van der Waals surface area contributed by atoms with Crippen LogP contribution in [0.1, 0.15) is 11.7 Å². The predicted molar refractivity (Wildman–Crippen MR) is 59.6 cm³/mol. The van der Waals surface area contributed by atoms with Crippen LogP contribution >= 0.6 is 45.8 Å². The van der Waals surface area contributed by atoms with Crippen LogP contribution in [0.4, 0.5) is 4.39 Å². The average molecular weight is 335 g/mol. The first-order valence-corrected chi connectivity index (χ1v) is 5.38. The molecule has 0 amide bonds. The lowest BCUT2D eigenvalue weighted by Crippen LogP contribution is -2.08. The average Bonchev–Trinajstić information content (AvgIpc) is 2.08. The number of hydrogen-bond acceptors (Lipinski definition) is 1. The maximum Gasteiger partial charge on any atom is 0.137 e. The molecule has 1 nitrogen and oxygen atoms in total. The van der Waals surface area contributed by atoms with Crippen LogP contribution < -0.4 is 0 Å². The van der Waals surface area contributed by atoms with Crippen molar-refractivity contribution in [3.63, 3.8) is 0 Å². The first-order valence-electron chi connectivity index (χ1n) is 3.43. The molecule has 1 unspecified atom stereocenters. The van der Waals surface area contributed by atoms with E-state index < -0.39 is 16.8 Å². The Morgan fingerprint density at radius 2 is 2.00 bits per heavy atom. The van der Waals surface area contributed by atoms with Crippen LogP contribution in [0.3, 0.4) is 0 Å². The van der Waals surface area contributed by atoms with E-state index in [9.17, 15) is 9.50 Å². The van der Waals surface area contributed by atoms with Gasteiger partial charge >= 0.3 is 0 Å². The second kappa shape index (κ2) is 4.77. The monoisotopic (exact) mass is 334 g/mol. The van der Waals surface area contributed by atoms with Crippen molar-refractivity contribution in [2.45, 2.75) is 10.9 Å². The van der Waals surface area contributed by atoms with Crippen molar-refractivity contribution in [2.75, 3.05) is 0 Å². The third kappa shape index (κ3) is 2.94. The fraction of sp³-hybridized carbons (Fsp3) is 0.250. The predicted octanol–water partition coefficient (Wildman–Crippen LogP) is 3.27. The van der Waals surface area contributed by atoms with Crippen LogP contribution in [0.5, 0.6) is 0 Å². The SMILES string of the molecule is OC(c1cc(I)ccc1F)C(Cl)Cl. The number of aliphatic hydroxyl groups excluding tert-OH is 1. The van der Waals surface area contributed by atoms with Gasteiger partial charge in [-0.1, -0.05) is 0 Å². The Hall–Kier alpha value is 0.420. The van der Waals surface area contributed by atoms with E-state index in [1.54, 1.807) is 6.07 Å². The van der Waals surface area contributed by atoms with Crippen LogP contribution in [-0.2, 0) is 0 Å². The lowest BCUT2D eigenvalue weighted by molar-refractivity contribution is 0.187. The number of halogens is 4. The van der Waals surface area contributed by atoms with Gasteiger partial charge in [0.1, 0.15) is 16.8 Å². The van der Waals surface area contributed by atoms with Gasteiger partial charge in [0.15, 0.2) is 0 Å². The lowest BCUT2D eigenvalue weighted by atomic mass is 10.1. The van der Waals surface area contributed by atoms with Gasteiger partial charge in [-0.3, -0.25) is 0 Å². The van der Waals surface area contributed by atoms with E-state index in [1.807, 2.05) is 22.6 Å². The highest BCUT2D eigenvalue weighted by Crippen LogP contribution is 2.27. The van der Waals surface area contributed by atoms with Crippen molar-refractivity contribution in [3.8, 4) is 0 Å². The normalized spacial score (nSPS) is 13.4. The topological polar surface area (TPSA) is 20.2 Å². The standard InChI is InChI=1S/C8H6Cl2FIO/c9-8(10)7(13)5-3-4(12)1-2-6(5)11/h1-3,7-8,13H. The molecule has 1 rings (SSSR count). The highest BCUT2D eigenvalue weighted by atomic mass is 127. The quantitative estimate of drug-likeness (QED) is 0.650. The molecule has 1 N–H and O–H groups in total. The molecular formula is C8H6Cl2FIO. The fourth-order valence-corrected chi connectivity index (χ4v) is 1.66. The molecular weight excluding hydrogens is 329 g/mol. The van der Waals surface area contributed by atoms with E-state index in [4.69, 9.17) is 23.2 Å².